The second kappa shape index (κ2) is 6.90. The van der Waals surface area contributed by atoms with Crippen LogP contribution in [0, 0.1) is 18.7 Å². The number of nitrogens with zero attached hydrogens (tertiary/aromatic N) is 2. The molecule has 1 aliphatic heterocycles. The zero-order valence-corrected chi connectivity index (χ0v) is 13.3. The lowest BCUT2D eigenvalue weighted by atomic mass is 9.92. The van der Waals surface area contributed by atoms with Crippen molar-refractivity contribution in [2.75, 3.05) is 13.1 Å². The summed E-state index contributed by atoms with van der Waals surface area (Å²) in [4.78, 5) is 18.9. The van der Waals surface area contributed by atoms with E-state index in [1.165, 1.54) is 6.07 Å². The minimum Gasteiger partial charge on any atom is -0.338 e. The van der Waals surface area contributed by atoms with Gasteiger partial charge in [0.25, 0.3) is 5.91 Å². The van der Waals surface area contributed by atoms with E-state index in [9.17, 15) is 9.18 Å². The molecule has 23 heavy (non-hydrogen) atoms. The first-order chi connectivity index (χ1) is 11.1. The number of carbonyl (C=O) groups is 1. The third-order valence-corrected chi connectivity index (χ3v) is 4.35. The van der Waals surface area contributed by atoms with Gasteiger partial charge < -0.3 is 4.90 Å². The fraction of sp³-hybridized carbons (Fsp3) is 0.368. The van der Waals surface area contributed by atoms with Crippen molar-refractivity contribution in [1.82, 2.24) is 9.88 Å². The maximum atomic E-state index is 13.8. The molecule has 1 aliphatic rings. The zero-order chi connectivity index (χ0) is 16.2. The van der Waals surface area contributed by atoms with E-state index in [4.69, 9.17) is 0 Å². The number of amides is 1. The van der Waals surface area contributed by atoms with Crippen LogP contribution in [0.15, 0.2) is 42.5 Å². The number of piperidine rings is 1. The Kier molecular flexibility index (Phi) is 4.70. The molecule has 0 unspecified atom stereocenters. The van der Waals surface area contributed by atoms with Gasteiger partial charge >= 0.3 is 0 Å². The van der Waals surface area contributed by atoms with Crippen LogP contribution in [0.2, 0.25) is 0 Å². The minimum atomic E-state index is -0.444. The number of rotatable bonds is 3. The highest BCUT2D eigenvalue weighted by atomic mass is 19.1. The van der Waals surface area contributed by atoms with Crippen LogP contribution in [0.1, 0.15) is 34.6 Å². The average molecular weight is 312 g/mol. The molecule has 1 fully saturated rings. The van der Waals surface area contributed by atoms with Crippen LogP contribution in [-0.4, -0.2) is 28.9 Å². The second-order valence-electron chi connectivity index (χ2n) is 6.21. The third-order valence-electron chi connectivity index (χ3n) is 4.35. The van der Waals surface area contributed by atoms with Crippen molar-refractivity contribution in [3.05, 3.63) is 65.2 Å². The molecule has 0 aliphatic carbocycles. The van der Waals surface area contributed by atoms with E-state index in [0.29, 0.717) is 19.0 Å². The molecule has 4 heteroatoms. The van der Waals surface area contributed by atoms with Crippen molar-refractivity contribution in [2.45, 2.75) is 26.2 Å². The summed E-state index contributed by atoms with van der Waals surface area (Å²) in [5.74, 6) is -0.265. The molecule has 1 amide bonds. The summed E-state index contributed by atoms with van der Waals surface area (Å²) >= 11 is 0. The van der Waals surface area contributed by atoms with E-state index in [0.717, 1.165) is 30.7 Å². The molecule has 2 heterocycles. The lowest BCUT2D eigenvalue weighted by Gasteiger charge is -2.33. The molecule has 0 spiro atoms. The van der Waals surface area contributed by atoms with E-state index in [2.05, 4.69) is 4.98 Å². The highest BCUT2D eigenvalue weighted by Crippen LogP contribution is 2.22. The third kappa shape index (κ3) is 3.76. The van der Waals surface area contributed by atoms with E-state index < -0.39 is 5.82 Å². The molecule has 0 radical (unpaired) electrons. The van der Waals surface area contributed by atoms with Crippen LogP contribution in [0.25, 0.3) is 0 Å². The zero-order valence-electron chi connectivity index (χ0n) is 13.3. The van der Waals surface area contributed by atoms with Gasteiger partial charge in [-0.1, -0.05) is 18.2 Å². The molecule has 1 saturated heterocycles. The maximum Gasteiger partial charge on any atom is 0.256 e. The van der Waals surface area contributed by atoms with Gasteiger partial charge in [0.1, 0.15) is 5.82 Å². The molecular weight excluding hydrogens is 291 g/mol. The molecular formula is C19H21FN2O. The Morgan fingerprint density at radius 1 is 1.26 bits per heavy atom. The van der Waals surface area contributed by atoms with Gasteiger partial charge in [0.2, 0.25) is 0 Å². The van der Waals surface area contributed by atoms with Crippen LogP contribution in [0.4, 0.5) is 4.39 Å². The summed E-state index contributed by atoms with van der Waals surface area (Å²) in [6, 6.07) is 12.2. The number of carbonyl (C=O) groups excluding carboxylic acids is 1. The van der Waals surface area contributed by atoms with Crippen molar-refractivity contribution >= 4 is 5.91 Å². The van der Waals surface area contributed by atoms with Crippen molar-refractivity contribution in [3.63, 3.8) is 0 Å². The fourth-order valence-corrected chi connectivity index (χ4v) is 3.23. The van der Waals surface area contributed by atoms with Crippen molar-refractivity contribution in [3.8, 4) is 0 Å². The maximum absolute atomic E-state index is 13.8. The lowest BCUT2D eigenvalue weighted by molar-refractivity contribution is 0.0668. The number of likely N-dealkylation sites (tertiary alicyclic amines) is 1. The molecule has 1 atom stereocenters. The Morgan fingerprint density at radius 3 is 2.87 bits per heavy atom. The van der Waals surface area contributed by atoms with Crippen LogP contribution in [0.5, 0.6) is 0 Å². The highest BCUT2D eigenvalue weighted by molar-refractivity contribution is 5.94. The van der Waals surface area contributed by atoms with E-state index in [1.807, 2.05) is 25.1 Å². The Labute approximate surface area is 136 Å². The van der Waals surface area contributed by atoms with E-state index >= 15 is 0 Å². The highest BCUT2D eigenvalue weighted by Gasteiger charge is 2.26. The molecule has 120 valence electrons. The molecule has 3 rings (SSSR count). The van der Waals surface area contributed by atoms with Crippen LogP contribution < -0.4 is 0 Å². The summed E-state index contributed by atoms with van der Waals surface area (Å²) in [5, 5.41) is 0. The van der Waals surface area contributed by atoms with Gasteiger partial charge in [0, 0.05) is 24.5 Å². The van der Waals surface area contributed by atoms with Crippen LogP contribution in [-0.2, 0) is 6.42 Å². The average Bonchev–Trinajstić information content (AvgIpc) is 2.55. The minimum absolute atomic E-state index is 0.168. The van der Waals surface area contributed by atoms with Crippen molar-refractivity contribution in [2.24, 2.45) is 5.92 Å². The first-order valence-electron chi connectivity index (χ1n) is 8.10. The Hall–Kier alpha value is -2.23. The van der Waals surface area contributed by atoms with Crippen molar-refractivity contribution < 1.29 is 9.18 Å². The van der Waals surface area contributed by atoms with Gasteiger partial charge in [-0.05, 0) is 56.4 Å². The molecule has 3 nitrogen and oxygen atoms in total. The quantitative estimate of drug-likeness (QED) is 0.867. The SMILES string of the molecule is Cc1cccc(C[C@H]2CCCN(C(=O)c3ccccc3F)C2)n1. The van der Waals surface area contributed by atoms with E-state index in [-0.39, 0.29) is 11.5 Å². The van der Waals surface area contributed by atoms with Gasteiger partial charge in [-0.2, -0.15) is 0 Å². The summed E-state index contributed by atoms with van der Waals surface area (Å²) in [5.41, 5.74) is 2.25. The molecule has 0 bridgehead atoms. The summed E-state index contributed by atoms with van der Waals surface area (Å²) < 4.78 is 13.8. The van der Waals surface area contributed by atoms with Crippen LogP contribution in [0.3, 0.4) is 0 Å². The Morgan fingerprint density at radius 2 is 2.09 bits per heavy atom. The van der Waals surface area contributed by atoms with Gasteiger partial charge in [-0.15, -0.1) is 0 Å². The summed E-state index contributed by atoms with van der Waals surface area (Å²) in [6.45, 7) is 3.35. The summed E-state index contributed by atoms with van der Waals surface area (Å²) in [7, 11) is 0. The molecule has 2 aromatic rings. The monoisotopic (exact) mass is 312 g/mol. The predicted molar refractivity (Wildman–Crippen MR) is 87.7 cm³/mol. The Balaban J connectivity index is 1.68. The van der Waals surface area contributed by atoms with Gasteiger partial charge in [-0.3, -0.25) is 9.78 Å². The fourth-order valence-electron chi connectivity index (χ4n) is 3.23. The lowest BCUT2D eigenvalue weighted by Crippen LogP contribution is -2.40. The first-order valence-corrected chi connectivity index (χ1v) is 8.10. The second-order valence-corrected chi connectivity index (χ2v) is 6.21. The van der Waals surface area contributed by atoms with Gasteiger partial charge in [-0.25, -0.2) is 4.39 Å². The number of aromatic nitrogens is 1. The van der Waals surface area contributed by atoms with E-state index in [1.54, 1.807) is 23.1 Å². The molecule has 0 saturated carbocycles. The Bertz CT molecular complexity index is 701. The normalized spacial score (nSPS) is 18.0. The standard InChI is InChI=1S/C19H21FN2O/c1-14-6-4-8-16(21-14)12-15-7-5-11-22(13-15)19(23)17-9-2-3-10-18(17)20/h2-4,6,8-10,15H,5,7,11-13H2,1H3/t15-/m1/s1. The topological polar surface area (TPSA) is 33.2 Å². The largest absolute Gasteiger partial charge is 0.338 e. The van der Waals surface area contributed by atoms with Crippen LogP contribution >= 0.6 is 0 Å². The number of halogens is 1. The smallest absolute Gasteiger partial charge is 0.256 e. The van der Waals surface area contributed by atoms with Gasteiger partial charge in [0.15, 0.2) is 0 Å². The number of hydrogen-bond donors (Lipinski definition) is 0. The molecule has 0 N–H and O–H groups in total. The van der Waals surface area contributed by atoms with Crippen molar-refractivity contribution in [1.29, 1.82) is 0 Å². The molecule has 1 aromatic heterocycles. The number of benzene rings is 1. The number of hydrogen-bond acceptors (Lipinski definition) is 2. The first kappa shape index (κ1) is 15.7. The number of aryl methyl sites for hydroxylation is 1. The molecule has 1 aromatic carbocycles. The summed E-state index contributed by atoms with van der Waals surface area (Å²) in [6.07, 6.45) is 2.90. The van der Waals surface area contributed by atoms with Gasteiger partial charge in [0.05, 0.1) is 5.56 Å². The number of pyridine rings is 1. The predicted octanol–water partition coefficient (Wildman–Crippen LogP) is 3.62.